The van der Waals surface area contributed by atoms with Crippen molar-refractivity contribution >= 4 is 0 Å². The topological polar surface area (TPSA) is 38.9 Å². The first-order chi connectivity index (χ1) is 6.02. The molecule has 0 aliphatic heterocycles. The minimum Gasteiger partial charge on any atom is -0.321 e. The van der Waals surface area contributed by atoms with Gasteiger partial charge in [-0.3, -0.25) is 4.98 Å². The van der Waals surface area contributed by atoms with E-state index in [1.54, 1.807) is 0 Å². The van der Waals surface area contributed by atoms with Crippen molar-refractivity contribution in [1.82, 2.24) is 4.98 Å². The molecule has 1 aliphatic rings. The molecular weight excluding hydrogens is 160 g/mol. The van der Waals surface area contributed by atoms with Crippen molar-refractivity contribution in [3.05, 3.63) is 29.1 Å². The van der Waals surface area contributed by atoms with Gasteiger partial charge in [-0.2, -0.15) is 0 Å². The van der Waals surface area contributed by atoms with E-state index in [-0.39, 0.29) is 5.54 Å². The van der Waals surface area contributed by atoms with Gasteiger partial charge in [0, 0.05) is 16.9 Å². The second-order valence-corrected chi connectivity index (χ2v) is 4.28. The molecule has 0 radical (unpaired) electrons. The summed E-state index contributed by atoms with van der Waals surface area (Å²) < 4.78 is 0. The van der Waals surface area contributed by atoms with Gasteiger partial charge in [0.25, 0.3) is 0 Å². The van der Waals surface area contributed by atoms with Crippen molar-refractivity contribution in [2.45, 2.75) is 32.7 Å². The molecular formula is C11H16N2. The van der Waals surface area contributed by atoms with Crippen molar-refractivity contribution in [2.24, 2.45) is 11.7 Å². The summed E-state index contributed by atoms with van der Waals surface area (Å²) in [5.74, 6) is 0.619. The van der Waals surface area contributed by atoms with Gasteiger partial charge >= 0.3 is 0 Å². The molecule has 0 amide bonds. The zero-order valence-corrected chi connectivity index (χ0v) is 8.46. The zero-order valence-electron chi connectivity index (χ0n) is 8.46. The molecule has 0 aromatic carbocycles. The lowest BCUT2D eigenvalue weighted by atomic mass is 10.0. The lowest BCUT2D eigenvalue weighted by Gasteiger charge is -2.12. The molecule has 0 bridgehead atoms. The maximum atomic E-state index is 6.22. The Balaban J connectivity index is 2.42. The first-order valence-electron chi connectivity index (χ1n) is 4.77. The number of nitrogens with two attached hydrogens (primary N) is 1. The number of hydrogen-bond donors (Lipinski definition) is 1. The molecule has 2 unspecified atom stereocenters. The Kier molecular flexibility index (Phi) is 1.70. The number of aryl methyl sites for hydroxylation is 2. The SMILES string of the molecule is Cc1cc(C2(N)CC2C)cc(C)n1. The summed E-state index contributed by atoms with van der Waals surface area (Å²) in [6, 6.07) is 4.22. The van der Waals surface area contributed by atoms with Crippen LogP contribution in [0.3, 0.4) is 0 Å². The standard InChI is InChI=1S/C11H16N2/c1-7-6-11(7,12)10-4-8(2)13-9(3)5-10/h4-5,7H,6,12H2,1-3H3. The third-order valence-corrected chi connectivity index (χ3v) is 2.98. The quantitative estimate of drug-likeness (QED) is 0.709. The first kappa shape index (κ1) is 8.70. The highest BCUT2D eigenvalue weighted by Gasteiger charge is 2.48. The minimum absolute atomic E-state index is 0.0571. The van der Waals surface area contributed by atoms with Crippen LogP contribution in [0.5, 0.6) is 0 Å². The van der Waals surface area contributed by atoms with Crippen LogP contribution in [0.1, 0.15) is 30.3 Å². The smallest absolute Gasteiger partial charge is 0.0441 e. The number of nitrogens with zero attached hydrogens (tertiary/aromatic N) is 1. The number of rotatable bonds is 1. The predicted octanol–water partition coefficient (Wildman–Crippen LogP) is 1.89. The van der Waals surface area contributed by atoms with Crippen LogP contribution in [0.15, 0.2) is 12.1 Å². The van der Waals surface area contributed by atoms with Gasteiger partial charge in [0.15, 0.2) is 0 Å². The van der Waals surface area contributed by atoms with Crippen molar-refractivity contribution < 1.29 is 0 Å². The van der Waals surface area contributed by atoms with Crippen LogP contribution in [0.4, 0.5) is 0 Å². The van der Waals surface area contributed by atoms with Crippen molar-refractivity contribution in [1.29, 1.82) is 0 Å². The summed E-state index contributed by atoms with van der Waals surface area (Å²) in [4.78, 5) is 4.35. The first-order valence-corrected chi connectivity index (χ1v) is 4.77. The van der Waals surface area contributed by atoms with E-state index >= 15 is 0 Å². The molecule has 2 nitrogen and oxygen atoms in total. The van der Waals surface area contributed by atoms with E-state index in [9.17, 15) is 0 Å². The molecule has 0 saturated heterocycles. The Labute approximate surface area is 79.2 Å². The van der Waals surface area contributed by atoms with Crippen molar-refractivity contribution in [3.63, 3.8) is 0 Å². The zero-order chi connectivity index (χ0) is 9.64. The van der Waals surface area contributed by atoms with Crippen LogP contribution in [-0.2, 0) is 5.54 Å². The highest BCUT2D eigenvalue weighted by Crippen LogP contribution is 2.49. The summed E-state index contributed by atoms with van der Waals surface area (Å²) in [6.07, 6.45) is 1.11. The fourth-order valence-electron chi connectivity index (χ4n) is 1.95. The second-order valence-electron chi connectivity index (χ2n) is 4.28. The number of aromatic nitrogens is 1. The van der Waals surface area contributed by atoms with Crippen LogP contribution in [-0.4, -0.2) is 4.98 Å². The molecule has 1 aliphatic carbocycles. The van der Waals surface area contributed by atoms with Crippen LogP contribution in [0.2, 0.25) is 0 Å². The summed E-state index contributed by atoms with van der Waals surface area (Å²) >= 11 is 0. The summed E-state index contributed by atoms with van der Waals surface area (Å²) in [7, 11) is 0. The molecule has 70 valence electrons. The highest BCUT2D eigenvalue weighted by molar-refractivity contribution is 5.33. The Bertz CT molecular complexity index is 326. The van der Waals surface area contributed by atoms with Gasteiger partial charge in [-0.25, -0.2) is 0 Å². The van der Waals surface area contributed by atoms with Gasteiger partial charge in [0.1, 0.15) is 0 Å². The van der Waals surface area contributed by atoms with Crippen molar-refractivity contribution in [2.75, 3.05) is 0 Å². The maximum Gasteiger partial charge on any atom is 0.0441 e. The molecule has 1 aromatic rings. The monoisotopic (exact) mass is 176 g/mol. The molecule has 2 heteroatoms. The fourth-order valence-corrected chi connectivity index (χ4v) is 1.95. The average molecular weight is 176 g/mol. The average Bonchev–Trinajstić information content (AvgIpc) is 2.59. The van der Waals surface area contributed by atoms with Gasteiger partial charge in [0.05, 0.1) is 0 Å². The van der Waals surface area contributed by atoms with E-state index in [1.807, 2.05) is 13.8 Å². The second kappa shape index (κ2) is 2.55. The molecule has 2 N–H and O–H groups in total. The van der Waals surface area contributed by atoms with E-state index in [1.165, 1.54) is 5.56 Å². The van der Waals surface area contributed by atoms with Gasteiger partial charge in [-0.1, -0.05) is 6.92 Å². The molecule has 13 heavy (non-hydrogen) atoms. The Morgan fingerprint density at radius 1 is 1.38 bits per heavy atom. The molecule has 1 fully saturated rings. The van der Waals surface area contributed by atoms with Crippen LogP contribution >= 0.6 is 0 Å². The summed E-state index contributed by atoms with van der Waals surface area (Å²) in [6.45, 7) is 6.24. The molecule has 1 heterocycles. The minimum atomic E-state index is -0.0571. The lowest BCUT2D eigenvalue weighted by molar-refractivity contribution is 0.661. The maximum absolute atomic E-state index is 6.22. The third-order valence-electron chi connectivity index (χ3n) is 2.98. The summed E-state index contributed by atoms with van der Waals surface area (Å²) in [5, 5.41) is 0. The molecule has 0 spiro atoms. The molecule has 2 atom stereocenters. The summed E-state index contributed by atoms with van der Waals surface area (Å²) in [5.41, 5.74) is 9.56. The van der Waals surface area contributed by atoms with Gasteiger partial charge in [-0.05, 0) is 43.9 Å². The van der Waals surface area contributed by atoms with Crippen LogP contribution in [0.25, 0.3) is 0 Å². The normalized spacial score (nSPS) is 31.8. The largest absolute Gasteiger partial charge is 0.321 e. The van der Waals surface area contributed by atoms with Gasteiger partial charge in [-0.15, -0.1) is 0 Å². The number of hydrogen-bond acceptors (Lipinski definition) is 2. The van der Waals surface area contributed by atoms with E-state index in [2.05, 4.69) is 24.0 Å². The van der Waals surface area contributed by atoms with Crippen LogP contribution < -0.4 is 5.73 Å². The molecule has 1 saturated carbocycles. The Morgan fingerprint density at radius 2 is 1.85 bits per heavy atom. The van der Waals surface area contributed by atoms with Gasteiger partial charge < -0.3 is 5.73 Å². The van der Waals surface area contributed by atoms with Gasteiger partial charge in [0.2, 0.25) is 0 Å². The highest BCUT2D eigenvalue weighted by atomic mass is 14.9. The molecule has 1 aromatic heterocycles. The van der Waals surface area contributed by atoms with E-state index in [0.29, 0.717) is 5.92 Å². The fraction of sp³-hybridized carbons (Fsp3) is 0.545. The van der Waals surface area contributed by atoms with Crippen LogP contribution in [0, 0.1) is 19.8 Å². The Morgan fingerprint density at radius 3 is 2.23 bits per heavy atom. The van der Waals surface area contributed by atoms with E-state index < -0.39 is 0 Å². The molecule has 2 rings (SSSR count). The lowest BCUT2D eigenvalue weighted by Crippen LogP contribution is -2.21. The number of pyridine rings is 1. The van der Waals surface area contributed by atoms with Crippen molar-refractivity contribution in [3.8, 4) is 0 Å². The third kappa shape index (κ3) is 1.35. The Hall–Kier alpha value is -0.890. The predicted molar refractivity (Wildman–Crippen MR) is 53.4 cm³/mol. The van der Waals surface area contributed by atoms with E-state index in [0.717, 1.165) is 17.8 Å². The van der Waals surface area contributed by atoms with E-state index in [4.69, 9.17) is 5.73 Å².